The van der Waals surface area contributed by atoms with Crippen molar-refractivity contribution in [3.8, 4) is 5.75 Å². The monoisotopic (exact) mass is 248 g/mol. The SMILES string of the molecule is COc1cccc(C(=O)C2(O)CCC(C)CC2)c1. The predicted molar refractivity (Wildman–Crippen MR) is 69.9 cm³/mol. The minimum Gasteiger partial charge on any atom is -0.497 e. The zero-order valence-electron chi connectivity index (χ0n) is 11.0. The smallest absolute Gasteiger partial charge is 0.194 e. The first-order valence-electron chi connectivity index (χ1n) is 6.46. The summed E-state index contributed by atoms with van der Waals surface area (Å²) in [7, 11) is 1.57. The largest absolute Gasteiger partial charge is 0.497 e. The third-order valence-corrected chi connectivity index (χ3v) is 3.86. The summed E-state index contributed by atoms with van der Waals surface area (Å²) in [6.45, 7) is 2.16. The van der Waals surface area contributed by atoms with E-state index in [-0.39, 0.29) is 5.78 Å². The number of carbonyl (C=O) groups is 1. The van der Waals surface area contributed by atoms with Crippen LogP contribution in [0.4, 0.5) is 0 Å². The van der Waals surface area contributed by atoms with Gasteiger partial charge in [0.2, 0.25) is 0 Å². The van der Waals surface area contributed by atoms with Gasteiger partial charge in [0.15, 0.2) is 5.78 Å². The van der Waals surface area contributed by atoms with Crippen LogP contribution >= 0.6 is 0 Å². The first kappa shape index (κ1) is 13.1. The molecule has 1 aliphatic carbocycles. The quantitative estimate of drug-likeness (QED) is 0.837. The first-order valence-corrected chi connectivity index (χ1v) is 6.46. The summed E-state index contributed by atoms with van der Waals surface area (Å²) in [5.41, 5.74) is -0.648. The van der Waals surface area contributed by atoms with Crippen LogP contribution < -0.4 is 4.74 Å². The minimum atomic E-state index is -1.18. The van der Waals surface area contributed by atoms with Crippen molar-refractivity contribution in [2.24, 2.45) is 5.92 Å². The average Bonchev–Trinajstić information content (AvgIpc) is 2.41. The Balaban J connectivity index is 2.19. The zero-order valence-corrected chi connectivity index (χ0v) is 11.0. The maximum atomic E-state index is 12.4. The molecule has 3 heteroatoms. The van der Waals surface area contributed by atoms with Crippen LogP contribution in [0.3, 0.4) is 0 Å². The fourth-order valence-corrected chi connectivity index (χ4v) is 2.50. The number of methoxy groups -OCH3 is 1. The lowest BCUT2D eigenvalue weighted by Gasteiger charge is -2.33. The molecule has 0 amide bonds. The highest BCUT2D eigenvalue weighted by Gasteiger charge is 2.39. The van der Waals surface area contributed by atoms with E-state index in [1.165, 1.54) is 0 Å². The van der Waals surface area contributed by atoms with Crippen molar-refractivity contribution in [3.63, 3.8) is 0 Å². The molecule has 1 saturated carbocycles. The van der Waals surface area contributed by atoms with Gasteiger partial charge in [-0.2, -0.15) is 0 Å². The zero-order chi connectivity index (χ0) is 13.2. The molecule has 0 spiro atoms. The van der Waals surface area contributed by atoms with E-state index in [2.05, 4.69) is 6.92 Å². The molecule has 3 nitrogen and oxygen atoms in total. The van der Waals surface area contributed by atoms with E-state index in [0.29, 0.717) is 30.1 Å². The molecule has 98 valence electrons. The van der Waals surface area contributed by atoms with Gasteiger partial charge in [0.05, 0.1) is 7.11 Å². The number of rotatable bonds is 3. The van der Waals surface area contributed by atoms with Crippen molar-refractivity contribution in [1.29, 1.82) is 0 Å². The van der Waals surface area contributed by atoms with E-state index in [1.54, 1.807) is 31.4 Å². The van der Waals surface area contributed by atoms with E-state index >= 15 is 0 Å². The Bertz CT molecular complexity index is 431. The Morgan fingerprint density at radius 3 is 2.67 bits per heavy atom. The van der Waals surface area contributed by atoms with Gasteiger partial charge >= 0.3 is 0 Å². The summed E-state index contributed by atoms with van der Waals surface area (Å²) in [4.78, 5) is 12.4. The molecule has 1 aromatic rings. The second kappa shape index (κ2) is 5.11. The normalized spacial score (nSPS) is 27.8. The topological polar surface area (TPSA) is 46.5 Å². The minimum absolute atomic E-state index is 0.173. The molecular weight excluding hydrogens is 228 g/mol. The van der Waals surface area contributed by atoms with E-state index in [0.717, 1.165) is 12.8 Å². The van der Waals surface area contributed by atoms with E-state index in [1.807, 2.05) is 0 Å². The number of carbonyl (C=O) groups excluding carboxylic acids is 1. The van der Waals surface area contributed by atoms with Crippen molar-refractivity contribution < 1.29 is 14.6 Å². The van der Waals surface area contributed by atoms with Crippen LogP contribution in [-0.2, 0) is 0 Å². The third kappa shape index (κ3) is 2.56. The number of Topliss-reactive ketones (excluding diaryl/α,β-unsaturated/α-hetero) is 1. The van der Waals surface area contributed by atoms with Crippen LogP contribution in [0.1, 0.15) is 43.0 Å². The second-order valence-corrected chi connectivity index (χ2v) is 5.28. The van der Waals surface area contributed by atoms with E-state index < -0.39 is 5.60 Å². The summed E-state index contributed by atoms with van der Waals surface area (Å²) < 4.78 is 5.11. The molecule has 18 heavy (non-hydrogen) atoms. The number of aliphatic hydroxyl groups is 1. The van der Waals surface area contributed by atoms with Crippen molar-refractivity contribution in [1.82, 2.24) is 0 Å². The number of ether oxygens (including phenoxy) is 1. The standard InChI is InChI=1S/C15H20O3/c1-11-6-8-15(17,9-7-11)14(16)12-4-3-5-13(10-12)18-2/h3-5,10-11,17H,6-9H2,1-2H3. The Kier molecular flexibility index (Phi) is 3.71. The fraction of sp³-hybridized carbons (Fsp3) is 0.533. The van der Waals surface area contributed by atoms with Gasteiger partial charge in [0, 0.05) is 5.56 Å². The van der Waals surface area contributed by atoms with Crippen LogP contribution in [0.15, 0.2) is 24.3 Å². The highest BCUT2D eigenvalue weighted by atomic mass is 16.5. The number of benzene rings is 1. The Morgan fingerprint density at radius 1 is 1.39 bits per heavy atom. The van der Waals surface area contributed by atoms with Gasteiger partial charge in [0.25, 0.3) is 0 Å². The van der Waals surface area contributed by atoms with Gasteiger partial charge in [-0.05, 0) is 43.7 Å². The highest BCUT2D eigenvalue weighted by molar-refractivity contribution is 6.02. The van der Waals surface area contributed by atoms with Gasteiger partial charge in [-0.15, -0.1) is 0 Å². The van der Waals surface area contributed by atoms with Crippen LogP contribution in [-0.4, -0.2) is 23.6 Å². The van der Waals surface area contributed by atoms with Gasteiger partial charge in [-0.3, -0.25) is 4.79 Å². The van der Waals surface area contributed by atoms with E-state index in [4.69, 9.17) is 4.74 Å². The molecule has 1 N–H and O–H groups in total. The molecule has 1 fully saturated rings. The van der Waals surface area contributed by atoms with Crippen LogP contribution in [0.5, 0.6) is 5.75 Å². The number of hydrogen-bond donors (Lipinski definition) is 1. The Labute approximate surface area is 108 Å². The van der Waals surface area contributed by atoms with Gasteiger partial charge < -0.3 is 9.84 Å². The molecule has 0 bridgehead atoms. The lowest BCUT2D eigenvalue weighted by Crippen LogP contribution is -2.41. The third-order valence-electron chi connectivity index (χ3n) is 3.86. The van der Waals surface area contributed by atoms with Gasteiger partial charge in [-0.1, -0.05) is 19.1 Å². The maximum absolute atomic E-state index is 12.4. The fourth-order valence-electron chi connectivity index (χ4n) is 2.50. The molecule has 0 radical (unpaired) electrons. The van der Waals surface area contributed by atoms with Gasteiger partial charge in [-0.25, -0.2) is 0 Å². The van der Waals surface area contributed by atoms with Crippen molar-refractivity contribution in [3.05, 3.63) is 29.8 Å². The summed E-state index contributed by atoms with van der Waals surface area (Å²) in [5, 5.41) is 10.5. The van der Waals surface area contributed by atoms with E-state index in [9.17, 15) is 9.90 Å². The summed E-state index contributed by atoms with van der Waals surface area (Å²) in [5.74, 6) is 1.07. The maximum Gasteiger partial charge on any atom is 0.194 e. The highest BCUT2D eigenvalue weighted by Crippen LogP contribution is 2.34. The Morgan fingerprint density at radius 2 is 2.06 bits per heavy atom. The predicted octanol–water partition coefficient (Wildman–Crippen LogP) is 2.82. The molecule has 0 heterocycles. The molecule has 0 atom stereocenters. The molecule has 0 saturated heterocycles. The molecule has 1 aromatic carbocycles. The lowest BCUT2D eigenvalue weighted by atomic mass is 9.76. The number of ketones is 1. The van der Waals surface area contributed by atoms with Crippen LogP contribution in [0.25, 0.3) is 0 Å². The summed E-state index contributed by atoms with van der Waals surface area (Å²) >= 11 is 0. The second-order valence-electron chi connectivity index (χ2n) is 5.28. The van der Waals surface area contributed by atoms with Crippen molar-refractivity contribution in [2.75, 3.05) is 7.11 Å². The molecule has 2 rings (SSSR count). The molecular formula is C15H20O3. The average molecular weight is 248 g/mol. The molecule has 0 unspecified atom stereocenters. The van der Waals surface area contributed by atoms with Crippen LogP contribution in [0, 0.1) is 5.92 Å². The Hall–Kier alpha value is -1.35. The van der Waals surface area contributed by atoms with Crippen molar-refractivity contribution >= 4 is 5.78 Å². The van der Waals surface area contributed by atoms with Crippen LogP contribution in [0.2, 0.25) is 0 Å². The molecule has 0 aromatic heterocycles. The van der Waals surface area contributed by atoms with Gasteiger partial charge in [0.1, 0.15) is 11.4 Å². The molecule has 0 aliphatic heterocycles. The summed E-state index contributed by atoms with van der Waals surface area (Å²) in [6.07, 6.45) is 2.94. The first-order chi connectivity index (χ1) is 8.55. The lowest BCUT2D eigenvalue weighted by molar-refractivity contribution is 0.00425. The number of hydrogen-bond acceptors (Lipinski definition) is 3. The molecule has 1 aliphatic rings. The van der Waals surface area contributed by atoms with Crippen molar-refractivity contribution in [2.45, 2.75) is 38.2 Å². The summed E-state index contributed by atoms with van der Waals surface area (Å²) in [6, 6.07) is 7.00.